The molecule has 0 bridgehead atoms. The first-order valence-corrected chi connectivity index (χ1v) is 3.18. The van der Waals surface area contributed by atoms with Gasteiger partial charge in [-0.25, -0.2) is 4.18 Å². The molecule has 0 rings (SSSR count). The van der Waals surface area contributed by atoms with E-state index in [1.54, 1.807) is 0 Å². The third-order valence-electron chi connectivity index (χ3n) is 0.350. The standard InChI is InChI=1S/C2H5NO5S.H3N/c3-2(4)1-8-9(5,6)7;/h1H2,(H2,3,4)(H,5,6,7);1H3. The van der Waals surface area contributed by atoms with Crippen LogP contribution in [0.15, 0.2) is 0 Å². The Morgan fingerprint density at radius 1 is 1.60 bits per heavy atom. The molecule has 0 unspecified atom stereocenters. The van der Waals surface area contributed by atoms with Crippen LogP contribution in [0.3, 0.4) is 0 Å². The highest BCUT2D eigenvalue weighted by Gasteiger charge is 2.05. The molecule has 0 aliphatic rings. The molecule has 8 heteroatoms. The summed E-state index contributed by atoms with van der Waals surface area (Å²) in [7, 11) is -4.52. The highest BCUT2D eigenvalue weighted by molar-refractivity contribution is 7.80. The van der Waals surface area contributed by atoms with Crippen LogP contribution in [0.5, 0.6) is 0 Å². The largest absolute Gasteiger partial charge is 0.397 e. The Morgan fingerprint density at radius 3 is 2.10 bits per heavy atom. The van der Waals surface area contributed by atoms with Gasteiger partial charge in [0.05, 0.1) is 0 Å². The van der Waals surface area contributed by atoms with Crippen LogP contribution in [-0.4, -0.2) is 25.5 Å². The average molecular weight is 172 g/mol. The van der Waals surface area contributed by atoms with Gasteiger partial charge in [-0.3, -0.25) is 9.35 Å². The van der Waals surface area contributed by atoms with E-state index in [-0.39, 0.29) is 6.15 Å². The Bertz CT molecular complexity index is 196. The van der Waals surface area contributed by atoms with Crippen molar-refractivity contribution in [2.45, 2.75) is 0 Å². The lowest BCUT2D eigenvalue weighted by atomic mass is 10.7. The van der Waals surface area contributed by atoms with E-state index >= 15 is 0 Å². The maximum atomic E-state index is 9.77. The fraction of sp³-hybridized carbons (Fsp3) is 0.500. The van der Waals surface area contributed by atoms with Gasteiger partial charge in [0.2, 0.25) is 5.91 Å². The van der Waals surface area contributed by atoms with E-state index in [1.165, 1.54) is 0 Å². The third-order valence-corrected chi connectivity index (χ3v) is 0.766. The van der Waals surface area contributed by atoms with Crippen molar-refractivity contribution in [3.8, 4) is 0 Å². The van der Waals surface area contributed by atoms with E-state index in [9.17, 15) is 13.2 Å². The summed E-state index contributed by atoms with van der Waals surface area (Å²) in [5, 5.41) is 0. The van der Waals surface area contributed by atoms with E-state index in [2.05, 4.69) is 9.92 Å². The van der Waals surface area contributed by atoms with Gasteiger partial charge >= 0.3 is 10.4 Å². The second-order valence-electron chi connectivity index (χ2n) is 1.16. The van der Waals surface area contributed by atoms with Crippen LogP contribution < -0.4 is 11.9 Å². The highest BCUT2D eigenvalue weighted by atomic mass is 32.3. The van der Waals surface area contributed by atoms with Gasteiger partial charge in [-0.05, 0) is 0 Å². The molecule has 0 radical (unpaired) electrons. The van der Waals surface area contributed by atoms with Gasteiger partial charge in [0.25, 0.3) is 0 Å². The zero-order valence-corrected chi connectivity index (χ0v) is 5.80. The number of carbonyl (C=O) groups excluding carboxylic acids is 1. The number of primary amides is 1. The van der Waals surface area contributed by atoms with Gasteiger partial charge in [0, 0.05) is 0 Å². The van der Waals surface area contributed by atoms with E-state index in [0.29, 0.717) is 0 Å². The first kappa shape index (κ1) is 12.0. The Morgan fingerprint density at radius 2 is 2.00 bits per heavy atom. The van der Waals surface area contributed by atoms with Crippen molar-refractivity contribution >= 4 is 16.3 Å². The molecule has 0 saturated heterocycles. The number of rotatable bonds is 3. The molecule has 0 aromatic rings. The summed E-state index contributed by atoms with van der Waals surface area (Å²) in [6, 6.07) is 0. The first-order valence-electron chi connectivity index (χ1n) is 1.82. The molecule has 0 aliphatic heterocycles. The molecule has 0 heterocycles. The van der Waals surface area contributed by atoms with Gasteiger partial charge < -0.3 is 11.9 Å². The Balaban J connectivity index is 0. The van der Waals surface area contributed by atoms with Crippen molar-refractivity contribution in [1.29, 1.82) is 0 Å². The average Bonchev–Trinajstić information content (AvgIpc) is 1.59. The fourth-order valence-corrected chi connectivity index (χ4v) is 0.398. The predicted octanol–water partition coefficient (Wildman–Crippen LogP) is -1.55. The van der Waals surface area contributed by atoms with Crippen LogP contribution >= 0.6 is 0 Å². The van der Waals surface area contributed by atoms with Crippen molar-refractivity contribution in [2.24, 2.45) is 5.73 Å². The molecule has 0 aromatic heterocycles. The SMILES string of the molecule is N.NC(=O)COS(=O)(=O)O. The number of carbonyl (C=O) groups is 1. The van der Waals surface area contributed by atoms with Crippen LogP contribution in [0.2, 0.25) is 0 Å². The number of hydrogen-bond acceptors (Lipinski definition) is 5. The van der Waals surface area contributed by atoms with Crippen molar-refractivity contribution in [3.05, 3.63) is 0 Å². The fourth-order valence-electron chi connectivity index (χ4n) is 0.133. The summed E-state index contributed by atoms with van der Waals surface area (Å²) in [5.74, 6) is -0.965. The lowest BCUT2D eigenvalue weighted by Gasteiger charge is -1.92. The molecule has 62 valence electrons. The molecule has 0 atom stereocenters. The molecule has 0 saturated carbocycles. The van der Waals surface area contributed by atoms with E-state index in [1.807, 2.05) is 0 Å². The van der Waals surface area contributed by atoms with Gasteiger partial charge in [0.15, 0.2) is 0 Å². The minimum Gasteiger partial charge on any atom is -0.368 e. The van der Waals surface area contributed by atoms with E-state index in [4.69, 9.17) is 4.55 Å². The zero-order chi connectivity index (χ0) is 7.49. The maximum absolute atomic E-state index is 9.77. The van der Waals surface area contributed by atoms with E-state index in [0.717, 1.165) is 0 Å². The summed E-state index contributed by atoms with van der Waals surface area (Å²) in [6.07, 6.45) is 0. The zero-order valence-electron chi connectivity index (χ0n) is 4.98. The summed E-state index contributed by atoms with van der Waals surface area (Å²) in [4.78, 5) is 9.77. The minimum atomic E-state index is -4.52. The smallest absolute Gasteiger partial charge is 0.368 e. The van der Waals surface area contributed by atoms with Gasteiger partial charge in [-0.15, -0.1) is 0 Å². The van der Waals surface area contributed by atoms with Crippen molar-refractivity contribution in [3.63, 3.8) is 0 Å². The maximum Gasteiger partial charge on any atom is 0.397 e. The van der Waals surface area contributed by atoms with Crippen LogP contribution in [-0.2, 0) is 19.4 Å². The summed E-state index contributed by atoms with van der Waals surface area (Å²) in [6.45, 7) is -0.834. The molecular weight excluding hydrogens is 164 g/mol. The van der Waals surface area contributed by atoms with Crippen molar-refractivity contribution in [1.82, 2.24) is 6.15 Å². The van der Waals surface area contributed by atoms with Crippen LogP contribution in [0.25, 0.3) is 0 Å². The van der Waals surface area contributed by atoms with Gasteiger partial charge in [-0.2, -0.15) is 8.42 Å². The molecule has 0 fully saturated rings. The molecule has 0 aliphatic carbocycles. The normalized spacial score (nSPS) is 10.1. The first-order chi connectivity index (χ1) is 3.92. The lowest BCUT2D eigenvalue weighted by molar-refractivity contribution is -0.120. The van der Waals surface area contributed by atoms with Crippen LogP contribution in [0.4, 0.5) is 0 Å². The molecule has 0 spiro atoms. The molecule has 0 aromatic carbocycles. The Kier molecular flexibility index (Phi) is 5.01. The van der Waals surface area contributed by atoms with E-state index < -0.39 is 22.9 Å². The Hall–Kier alpha value is -0.700. The monoisotopic (exact) mass is 172 g/mol. The van der Waals surface area contributed by atoms with Crippen molar-refractivity contribution < 1.29 is 21.9 Å². The topological polar surface area (TPSA) is 142 Å². The molecule has 6 N–H and O–H groups in total. The molecule has 7 nitrogen and oxygen atoms in total. The highest BCUT2D eigenvalue weighted by Crippen LogP contribution is 1.82. The third kappa shape index (κ3) is 10.3. The molecular formula is C2H8N2O5S. The van der Waals surface area contributed by atoms with Crippen molar-refractivity contribution in [2.75, 3.05) is 6.61 Å². The number of nitrogens with two attached hydrogens (primary N) is 1. The minimum absolute atomic E-state index is 0. The van der Waals surface area contributed by atoms with Crippen LogP contribution in [0.1, 0.15) is 0 Å². The lowest BCUT2D eigenvalue weighted by Crippen LogP contribution is -2.20. The predicted molar refractivity (Wildman–Crippen MR) is 31.7 cm³/mol. The van der Waals surface area contributed by atoms with Gasteiger partial charge in [-0.1, -0.05) is 0 Å². The summed E-state index contributed by atoms with van der Waals surface area (Å²) < 4.78 is 30.7. The number of hydrogen-bond donors (Lipinski definition) is 3. The summed E-state index contributed by atoms with van der Waals surface area (Å²) in [5.41, 5.74) is 4.46. The number of amides is 1. The summed E-state index contributed by atoms with van der Waals surface area (Å²) >= 11 is 0. The second kappa shape index (κ2) is 4.17. The molecule has 1 amide bonds. The van der Waals surface area contributed by atoms with Crippen LogP contribution in [0, 0.1) is 0 Å². The Labute approximate surface area is 57.7 Å². The molecule has 10 heavy (non-hydrogen) atoms. The quantitative estimate of drug-likeness (QED) is 0.440. The second-order valence-corrected chi connectivity index (χ2v) is 2.25. The van der Waals surface area contributed by atoms with Gasteiger partial charge in [0.1, 0.15) is 6.61 Å².